The molecule has 5 heteroatoms. The Bertz CT molecular complexity index is 381. The molecule has 1 aliphatic heterocycles. The Kier molecular flexibility index (Phi) is 2.33. The predicted octanol–water partition coefficient (Wildman–Crippen LogP) is 1.99. The predicted molar refractivity (Wildman–Crippen MR) is 57.2 cm³/mol. The van der Waals surface area contributed by atoms with Crippen LogP contribution in [-0.2, 0) is 4.74 Å². The summed E-state index contributed by atoms with van der Waals surface area (Å²) in [6, 6.07) is 5.39. The molecule has 0 atom stereocenters. The Hall–Kier alpha value is -1.23. The number of nitrogens with zero attached hydrogens (tertiary/aromatic N) is 1. The molecule has 1 aliphatic rings. The monoisotopic (exact) mass is 256 g/mol. The lowest BCUT2D eigenvalue weighted by atomic mass is 10.2. The third kappa shape index (κ3) is 1.55. The minimum absolute atomic E-state index is 0.313. The number of carbonyl (C=O) groups excluding carboxylic acids is 1. The summed E-state index contributed by atoms with van der Waals surface area (Å²) in [6.45, 7) is 1.02. The normalized spacial score (nSPS) is 15.8. The van der Waals surface area contributed by atoms with Crippen LogP contribution in [0.4, 0.5) is 16.2 Å². The van der Waals surface area contributed by atoms with Gasteiger partial charge in [-0.15, -0.1) is 0 Å². The average Bonchev–Trinajstić information content (AvgIpc) is 2.57. The first kappa shape index (κ1) is 9.33. The topological polar surface area (TPSA) is 55.6 Å². The standard InChI is InChI=1S/C9H9BrN2O2/c10-7-2-1-6(5-8(7)11)12-3-4-14-9(12)13/h1-2,5H,3-4,11H2. The maximum absolute atomic E-state index is 11.2. The highest BCUT2D eigenvalue weighted by atomic mass is 79.9. The van der Waals surface area contributed by atoms with Gasteiger partial charge in [0.15, 0.2) is 0 Å². The highest BCUT2D eigenvalue weighted by molar-refractivity contribution is 9.10. The first-order valence-electron chi connectivity index (χ1n) is 4.18. The van der Waals surface area contributed by atoms with Crippen molar-refractivity contribution in [2.24, 2.45) is 0 Å². The van der Waals surface area contributed by atoms with Crippen LogP contribution in [0.3, 0.4) is 0 Å². The van der Waals surface area contributed by atoms with Crippen LogP contribution in [0.15, 0.2) is 22.7 Å². The molecule has 1 fully saturated rings. The Morgan fingerprint density at radius 2 is 2.29 bits per heavy atom. The molecule has 0 spiro atoms. The van der Waals surface area contributed by atoms with Gasteiger partial charge < -0.3 is 10.5 Å². The summed E-state index contributed by atoms with van der Waals surface area (Å²) in [5, 5.41) is 0. The molecule has 1 aromatic rings. The molecule has 0 bridgehead atoms. The Balaban J connectivity index is 2.32. The van der Waals surface area contributed by atoms with Crippen molar-refractivity contribution in [1.82, 2.24) is 0 Å². The molecule has 0 aliphatic carbocycles. The minimum atomic E-state index is -0.313. The van der Waals surface area contributed by atoms with Crippen LogP contribution in [0, 0.1) is 0 Å². The van der Waals surface area contributed by atoms with Crippen LogP contribution in [0.1, 0.15) is 0 Å². The summed E-state index contributed by atoms with van der Waals surface area (Å²) in [6.07, 6.45) is -0.313. The van der Waals surface area contributed by atoms with E-state index in [1.54, 1.807) is 11.0 Å². The molecule has 2 rings (SSSR count). The average molecular weight is 257 g/mol. The van der Waals surface area contributed by atoms with Gasteiger partial charge >= 0.3 is 6.09 Å². The summed E-state index contributed by atoms with van der Waals surface area (Å²) in [5.41, 5.74) is 7.09. The van der Waals surface area contributed by atoms with Crippen molar-refractivity contribution in [1.29, 1.82) is 0 Å². The second-order valence-electron chi connectivity index (χ2n) is 2.97. The van der Waals surface area contributed by atoms with E-state index in [0.717, 1.165) is 10.2 Å². The molecule has 0 aromatic heterocycles. The van der Waals surface area contributed by atoms with Crippen LogP contribution in [0.25, 0.3) is 0 Å². The zero-order valence-electron chi connectivity index (χ0n) is 7.37. The van der Waals surface area contributed by atoms with Crippen molar-refractivity contribution in [3.63, 3.8) is 0 Å². The minimum Gasteiger partial charge on any atom is -0.447 e. The molecule has 74 valence electrons. The molecule has 1 amide bonds. The number of halogens is 1. The molecule has 1 aromatic carbocycles. The van der Waals surface area contributed by atoms with Crippen molar-refractivity contribution in [2.75, 3.05) is 23.8 Å². The number of benzene rings is 1. The summed E-state index contributed by atoms with van der Waals surface area (Å²) in [7, 11) is 0. The number of nitrogen functional groups attached to an aromatic ring is 1. The van der Waals surface area contributed by atoms with E-state index in [0.29, 0.717) is 18.8 Å². The molecular weight excluding hydrogens is 248 g/mol. The van der Waals surface area contributed by atoms with E-state index in [4.69, 9.17) is 10.5 Å². The molecule has 14 heavy (non-hydrogen) atoms. The zero-order chi connectivity index (χ0) is 10.1. The molecule has 2 N–H and O–H groups in total. The van der Waals surface area contributed by atoms with Gasteiger partial charge in [-0.1, -0.05) is 0 Å². The second-order valence-corrected chi connectivity index (χ2v) is 3.83. The lowest BCUT2D eigenvalue weighted by Gasteiger charge is -2.13. The maximum Gasteiger partial charge on any atom is 0.414 e. The molecule has 0 unspecified atom stereocenters. The van der Waals surface area contributed by atoms with Crippen molar-refractivity contribution in [3.8, 4) is 0 Å². The fraction of sp³-hybridized carbons (Fsp3) is 0.222. The smallest absolute Gasteiger partial charge is 0.414 e. The van der Waals surface area contributed by atoms with E-state index in [9.17, 15) is 4.79 Å². The summed E-state index contributed by atoms with van der Waals surface area (Å²) in [5.74, 6) is 0. The van der Waals surface area contributed by atoms with Crippen LogP contribution < -0.4 is 10.6 Å². The van der Waals surface area contributed by atoms with E-state index in [2.05, 4.69) is 15.9 Å². The Morgan fingerprint density at radius 1 is 1.50 bits per heavy atom. The van der Waals surface area contributed by atoms with Crippen LogP contribution in [0.5, 0.6) is 0 Å². The number of anilines is 2. The fourth-order valence-electron chi connectivity index (χ4n) is 1.33. The van der Waals surface area contributed by atoms with Crippen LogP contribution >= 0.6 is 15.9 Å². The van der Waals surface area contributed by atoms with E-state index in [-0.39, 0.29) is 6.09 Å². The summed E-state index contributed by atoms with van der Waals surface area (Å²) in [4.78, 5) is 12.8. The molecule has 1 heterocycles. The number of carbonyl (C=O) groups is 1. The molecule has 0 radical (unpaired) electrons. The lowest BCUT2D eigenvalue weighted by Crippen LogP contribution is -2.23. The highest BCUT2D eigenvalue weighted by Gasteiger charge is 2.23. The van der Waals surface area contributed by atoms with Crippen LogP contribution in [0.2, 0.25) is 0 Å². The number of ether oxygens (including phenoxy) is 1. The number of hydrogen-bond acceptors (Lipinski definition) is 3. The van der Waals surface area contributed by atoms with Crippen molar-refractivity contribution < 1.29 is 9.53 Å². The van der Waals surface area contributed by atoms with Gasteiger partial charge in [-0.25, -0.2) is 4.79 Å². The molecule has 4 nitrogen and oxygen atoms in total. The van der Waals surface area contributed by atoms with E-state index >= 15 is 0 Å². The van der Waals surface area contributed by atoms with Gasteiger partial charge in [-0.3, -0.25) is 4.90 Å². The molecule has 1 saturated heterocycles. The molecular formula is C9H9BrN2O2. The van der Waals surface area contributed by atoms with Crippen molar-refractivity contribution >= 4 is 33.4 Å². The van der Waals surface area contributed by atoms with E-state index in [1.807, 2.05) is 12.1 Å². The summed E-state index contributed by atoms with van der Waals surface area (Å²) >= 11 is 3.29. The maximum atomic E-state index is 11.2. The fourth-order valence-corrected chi connectivity index (χ4v) is 1.57. The number of rotatable bonds is 1. The highest BCUT2D eigenvalue weighted by Crippen LogP contribution is 2.26. The zero-order valence-corrected chi connectivity index (χ0v) is 8.95. The van der Waals surface area contributed by atoms with Crippen LogP contribution in [-0.4, -0.2) is 19.2 Å². The Morgan fingerprint density at radius 3 is 2.86 bits per heavy atom. The number of hydrogen-bond donors (Lipinski definition) is 1. The first-order valence-corrected chi connectivity index (χ1v) is 4.97. The van der Waals surface area contributed by atoms with Gasteiger partial charge in [-0.05, 0) is 34.1 Å². The van der Waals surface area contributed by atoms with E-state index in [1.165, 1.54) is 0 Å². The van der Waals surface area contributed by atoms with Gasteiger partial charge in [0.05, 0.1) is 6.54 Å². The van der Waals surface area contributed by atoms with Crippen molar-refractivity contribution in [2.45, 2.75) is 0 Å². The van der Waals surface area contributed by atoms with Gasteiger partial charge in [0, 0.05) is 15.8 Å². The lowest BCUT2D eigenvalue weighted by molar-refractivity contribution is 0.181. The molecule has 0 saturated carbocycles. The van der Waals surface area contributed by atoms with E-state index < -0.39 is 0 Å². The number of amides is 1. The number of cyclic esters (lactones) is 1. The van der Waals surface area contributed by atoms with Crippen molar-refractivity contribution in [3.05, 3.63) is 22.7 Å². The first-order chi connectivity index (χ1) is 6.68. The summed E-state index contributed by atoms with van der Waals surface area (Å²) < 4.78 is 5.65. The third-order valence-electron chi connectivity index (χ3n) is 2.05. The number of nitrogens with two attached hydrogens (primary N) is 1. The quantitative estimate of drug-likeness (QED) is 0.782. The largest absolute Gasteiger partial charge is 0.447 e. The Labute approximate surface area is 89.8 Å². The van der Waals surface area contributed by atoms with Gasteiger partial charge in [0.1, 0.15) is 6.61 Å². The van der Waals surface area contributed by atoms with Gasteiger partial charge in [0.2, 0.25) is 0 Å². The van der Waals surface area contributed by atoms with Gasteiger partial charge in [-0.2, -0.15) is 0 Å². The second kappa shape index (κ2) is 3.49. The van der Waals surface area contributed by atoms with Gasteiger partial charge in [0.25, 0.3) is 0 Å². The third-order valence-corrected chi connectivity index (χ3v) is 2.77. The SMILES string of the molecule is Nc1cc(N2CCOC2=O)ccc1Br.